The van der Waals surface area contributed by atoms with Gasteiger partial charge < -0.3 is 14.2 Å². The number of allylic oxidation sites excluding steroid dienone is 20. The molecule has 1 unspecified atom stereocenters. The fourth-order valence-electron chi connectivity index (χ4n) is 8.45. The van der Waals surface area contributed by atoms with Crippen LogP contribution in [0, 0.1) is 0 Å². The summed E-state index contributed by atoms with van der Waals surface area (Å²) < 4.78 is 16.9. The van der Waals surface area contributed by atoms with E-state index in [2.05, 4.69) is 142 Å². The molecule has 0 aromatic heterocycles. The van der Waals surface area contributed by atoms with Crippen LogP contribution in [-0.2, 0) is 28.6 Å². The third-order valence-electron chi connectivity index (χ3n) is 13.2. The molecular weight excluding hydrogens is 937 g/mol. The summed E-state index contributed by atoms with van der Waals surface area (Å²) in [6, 6.07) is 0. The van der Waals surface area contributed by atoms with Gasteiger partial charge in [0.15, 0.2) is 6.10 Å². The SMILES string of the molecule is CC/C=C\C/C=C\C/C=C\C/C=C\C/C=C\CCCCCC(=O)OC(COC(=O)CCCCCCCC/C=C\C/C=C\C/C=C\CCCCCCC)COC(=O)CCCCCCCCC/C=C\C/C=C\CCCCCC. The fourth-order valence-corrected chi connectivity index (χ4v) is 8.45. The Balaban J connectivity index is 4.50. The van der Waals surface area contributed by atoms with E-state index in [4.69, 9.17) is 14.2 Å². The van der Waals surface area contributed by atoms with Crippen LogP contribution >= 0.6 is 0 Å². The number of hydrogen-bond donors (Lipinski definition) is 0. The topological polar surface area (TPSA) is 78.9 Å². The molecule has 0 aliphatic rings. The predicted octanol–water partition coefficient (Wildman–Crippen LogP) is 21.6. The van der Waals surface area contributed by atoms with E-state index >= 15 is 0 Å². The highest BCUT2D eigenvalue weighted by Crippen LogP contribution is 2.14. The Hall–Kier alpha value is -4.19. The fraction of sp³-hybridized carbons (Fsp3) is 0.671. The summed E-state index contributed by atoms with van der Waals surface area (Å²) in [5, 5.41) is 0. The summed E-state index contributed by atoms with van der Waals surface area (Å²) in [5.41, 5.74) is 0. The van der Waals surface area contributed by atoms with Crippen molar-refractivity contribution in [2.75, 3.05) is 13.2 Å². The minimum atomic E-state index is -0.810. The first-order valence-electron chi connectivity index (χ1n) is 31.5. The summed E-state index contributed by atoms with van der Waals surface area (Å²) >= 11 is 0. The van der Waals surface area contributed by atoms with Crippen LogP contribution in [0.5, 0.6) is 0 Å². The van der Waals surface area contributed by atoms with Crippen molar-refractivity contribution in [2.45, 2.75) is 290 Å². The number of carbonyl (C=O) groups excluding carboxylic acids is 3. The third-order valence-corrected chi connectivity index (χ3v) is 13.2. The molecule has 0 aliphatic heterocycles. The molecule has 0 N–H and O–H groups in total. The lowest BCUT2D eigenvalue weighted by atomic mass is 10.1. The van der Waals surface area contributed by atoms with Crippen LogP contribution in [-0.4, -0.2) is 37.2 Å². The minimum Gasteiger partial charge on any atom is -0.462 e. The molecule has 0 amide bonds. The highest BCUT2D eigenvalue weighted by molar-refractivity contribution is 5.71. The van der Waals surface area contributed by atoms with E-state index in [1.165, 1.54) is 109 Å². The van der Waals surface area contributed by atoms with E-state index in [0.717, 1.165) is 135 Å². The predicted molar refractivity (Wildman–Crippen MR) is 330 cm³/mol. The zero-order chi connectivity index (χ0) is 55.0. The summed E-state index contributed by atoms with van der Waals surface area (Å²) in [5.74, 6) is -0.952. The Morgan fingerprint density at radius 1 is 0.276 bits per heavy atom. The van der Waals surface area contributed by atoms with E-state index < -0.39 is 6.10 Å². The molecule has 0 aromatic rings. The number of unbranched alkanes of at least 4 members (excludes halogenated alkanes) is 25. The minimum absolute atomic E-state index is 0.103. The van der Waals surface area contributed by atoms with Gasteiger partial charge in [0.1, 0.15) is 13.2 Å². The second kappa shape index (κ2) is 63.3. The molecule has 0 spiro atoms. The second-order valence-corrected chi connectivity index (χ2v) is 20.6. The summed E-state index contributed by atoms with van der Waals surface area (Å²) in [6.45, 7) is 6.47. The molecule has 0 bridgehead atoms. The molecule has 432 valence electrons. The molecule has 6 heteroatoms. The quantitative estimate of drug-likeness (QED) is 0.0261. The number of hydrogen-bond acceptors (Lipinski definition) is 6. The molecule has 0 aromatic carbocycles. The van der Waals surface area contributed by atoms with Crippen LogP contribution in [0.3, 0.4) is 0 Å². The van der Waals surface area contributed by atoms with E-state index in [-0.39, 0.29) is 37.5 Å². The molecule has 0 radical (unpaired) electrons. The van der Waals surface area contributed by atoms with Gasteiger partial charge in [-0.3, -0.25) is 14.4 Å². The third kappa shape index (κ3) is 60.7. The van der Waals surface area contributed by atoms with Crippen molar-refractivity contribution in [3.8, 4) is 0 Å². The second-order valence-electron chi connectivity index (χ2n) is 20.6. The van der Waals surface area contributed by atoms with Crippen molar-refractivity contribution in [3.05, 3.63) is 122 Å². The lowest BCUT2D eigenvalue weighted by Crippen LogP contribution is -2.30. The number of ether oxygens (including phenoxy) is 3. The van der Waals surface area contributed by atoms with Gasteiger partial charge in [-0.25, -0.2) is 0 Å². The number of rotatable bonds is 56. The maximum Gasteiger partial charge on any atom is 0.306 e. The lowest BCUT2D eigenvalue weighted by Gasteiger charge is -2.18. The van der Waals surface area contributed by atoms with Crippen LogP contribution in [0.1, 0.15) is 284 Å². The Morgan fingerprint density at radius 2 is 0.513 bits per heavy atom. The molecule has 6 nitrogen and oxygen atoms in total. The largest absolute Gasteiger partial charge is 0.462 e. The summed E-state index contributed by atoms with van der Waals surface area (Å²) in [7, 11) is 0. The summed E-state index contributed by atoms with van der Waals surface area (Å²) in [4.78, 5) is 38.3. The molecule has 1 atom stereocenters. The molecular formula is C70H116O6. The van der Waals surface area contributed by atoms with Crippen LogP contribution in [0.4, 0.5) is 0 Å². The number of carbonyl (C=O) groups is 3. The van der Waals surface area contributed by atoms with E-state index in [1.54, 1.807) is 0 Å². The average Bonchev–Trinajstić information content (AvgIpc) is 3.42. The van der Waals surface area contributed by atoms with Gasteiger partial charge in [0.05, 0.1) is 0 Å². The first kappa shape index (κ1) is 71.8. The van der Waals surface area contributed by atoms with Crippen molar-refractivity contribution >= 4 is 17.9 Å². The number of esters is 3. The Kier molecular flexibility index (Phi) is 59.9. The van der Waals surface area contributed by atoms with Crippen molar-refractivity contribution in [2.24, 2.45) is 0 Å². The van der Waals surface area contributed by atoms with Gasteiger partial charge in [-0.15, -0.1) is 0 Å². The lowest BCUT2D eigenvalue weighted by molar-refractivity contribution is -0.167. The highest BCUT2D eigenvalue weighted by atomic mass is 16.6. The molecule has 0 aliphatic carbocycles. The van der Waals surface area contributed by atoms with Gasteiger partial charge in [-0.2, -0.15) is 0 Å². The molecule has 0 saturated heterocycles. The average molecular weight is 1050 g/mol. The van der Waals surface area contributed by atoms with E-state index in [1.807, 2.05) is 0 Å². The van der Waals surface area contributed by atoms with Gasteiger partial charge in [0.2, 0.25) is 0 Å². The van der Waals surface area contributed by atoms with E-state index in [0.29, 0.717) is 12.8 Å². The van der Waals surface area contributed by atoms with Gasteiger partial charge >= 0.3 is 17.9 Å². The first-order chi connectivity index (χ1) is 37.5. The van der Waals surface area contributed by atoms with Crippen LogP contribution in [0.25, 0.3) is 0 Å². The van der Waals surface area contributed by atoms with Gasteiger partial charge in [-0.05, 0) is 135 Å². The van der Waals surface area contributed by atoms with Crippen LogP contribution in [0.2, 0.25) is 0 Å². The smallest absolute Gasteiger partial charge is 0.306 e. The first-order valence-corrected chi connectivity index (χ1v) is 31.5. The Bertz CT molecular complexity index is 1590. The molecule has 0 fully saturated rings. The van der Waals surface area contributed by atoms with Crippen molar-refractivity contribution in [1.82, 2.24) is 0 Å². The zero-order valence-corrected chi connectivity index (χ0v) is 49.5. The Morgan fingerprint density at radius 3 is 0.829 bits per heavy atom. The van der Waals surface area contributed by atoms with Gasteiger partial charge in [0.25, 0.3) is 0 Å². The van der Waals surface area contributed by atoms with Crippen molar-refractivity contribution in [3.63, 3.8) is 0 Å². The van der Waals surface area contributed by atoms with Crippen molar-refractivity contribution < 1.29 is 28.6 Å². The highest BCUT2D eigenvalue weighted by Gasteiger charge is 2.19. The Labute approximate surface area is 469 Å². The zero-order valence-electron chi connectivity index (χ0n) is 49.5. The molecule has 0 rings (SSSR count). The standard InChI is InChI=1S/C70H116O6/c1-4-7-10-13-16-19-22-25-28-31-34-35-37-39-42-45-48-51-54-57-60-63-69(72)75-66-67(65-74-68(71)62-59-56-53-50-47-44-41-38-33-30-27-24-21-18-15-12-9-6-3)76-70(73)64-61-58-55-52-49-46-43-40-36-32-29-26-23-20-17-14-11-8-5-2/h8,11,17,20-22,24-26,29-31,33-34,36-37,39-40,46,49,67H,4-7,9-10,12-16,18-19,23,27-28,32,35,38,41-45,47-48,50-66H2,1-3H3/b11-8-,20-17-,24-21-,25-22-,29-26-,33-30-,34-31-,39-37-,40-36-,49-46-. The normalized spacial score (nSPS) is 12.9. The van der Waals surface area contributed by atoms with Crippen LogP contribution in [0.15, 0.2) is 122 Å². The van der Waals surface area contributed by atoms with Crippen LogP contribution < -0.4 is 0 Å². The molecule has 76 heavy (non-hydrogen) atoms. The maximum absolute atomic E-state index is 12.9. The molecule has 0 saturated carbocycles. The monoisotopic (exact) mass is 1050 g/mol. The maximum atomic E-state index is 12.9. The van der Waals surface area contributed by atoms with Crippen molar-refractivity contribution in [1.29, 1.82) is 0 Å². The summed E-state index contributed by atoms with van der Waals surface area (Å²) in [6.07, 6.45) is 87.6. The van der Waals surface area contributed by atoms with E-state index in [9.17, 15) is 14.4 Å². The van der Waals surface area contributed by atoms with Gasteiger partial charge in [0, 0.05) is 19.3 Å². The van der Waals surface area contributed by atoms with Gasteiger partial charge in [-0.1, -0.05) is 251 Å². The molecule has 0 heterocycles.